The van der Waals surface area contributed by atoms with Crippen molar-refractivity contribution in [3.05, 3.63) is 23.0 Å². The molecule has 0 bridgehead atoms. The Hall–Kier alpha value is -1.89. The van der Waals surface area contributed by atoms with Crippen LogP contribution in [-0.2, 0) is 6.42 Å². The Labute approximate surface area is 102 Å². The number of carbonyl (C=O) groups excluding carboxylic acids is 1. The standard InChI is InChI=1S/C13H17N3O/c1-5-7-9(3)14-13(17)11-8-10(4)15-16-12(11)6-2/h1,8-9H,6-7H2,2-4H3,(H,14,17). The minimum atomic E-state index is -0.136. The van der Waals surface area contributed by atoms with Gasteiger partial charge in [-0.1, -0.05) is 6.92 Å². The van der Waals surface area contributed by atoms with E-state index in [4.69, 9.17) is 6.42 Å². The number of terminal acetylenes is 1. The molecule has 0 spiro atoms. The van der Waals surface area contributed by atoms with E-state index in [1.807, 2.05) is 20.8 Å². The van der Waals surface area contributed by atoms with Crippen LogP contribution in [0, 0.1) is 19.3 Å². The van der Waals surface area contributed by atoms with Gasteiger partial charge in [-0.15, -0.1) is 12.3 Å². The van der Waals surface area contributed by atoms with E-state index in [1.165, 1.54) is 0 Å². The largest absolute Gasteiger partial charge is 0.349 e. The summed E-state index contributed by atoms with van der Waals surface area (Å²) in [5.41, 5.74) is 2.03. The molecular weight excluding hydrogens is 214 g/mol. The molecule has 1 aromatic rings. The Kier molecular flexibility index (Phi) is 4.65. The van der Waals surface area contributed by atoms with Gasteiger partial charge in [0.15, 0.2) is 0 Å². The molecule has 0 saturated heterocycles. The van der Waals surface area contributed by atoms with Crippen molar-refractivity contribution in [2.45, 2.75) is 39.7 Å². The summed E-state index contributed by atoms with van der Waals surface area (Å²) < 4.78 is 0. The Bertz CT molecular complexity index is 448. The van der Waals surface area contributed by atoms with Crippen molar-refractivity contribution in [2.75, 3.05) is 0 Å². The summed E-state index contributed by atoms with van der Waals surface area (Å²) in [6, 6.07) is 1.72. The summed E-state index contributed by atoms with van der Waals surface area (Å²) in [6.07, 6.45) is 6.40. The number of nitrogens with one attached hydrogen (secondary N) is 1. The Morgan fingerprint density at radius 2 is 2.29 bits per heavy atom. The fourth-order valence-electron chi connectivity index (χ4n) is 1.50. The molecule has 1 unspecified atom stereocenters. The molecule has 1 heterocycles. The summed E-state index contributed by atoms with van der Waals surface area (Å²) in [7, 11) is 0. The third-order valence-corrected chi connectivity index (χ3v) is 2.37. The van der Waals surface area contributed by atoms with Crippen molar-refractivity contribution in [3.8, 4) is 12.3 Å². The van der Waals surface area contributed by atoms with Gasteiger partial charge in [-0.05, 0) is 26.3 Å². The van der Waals surface area contributed by atoms with Crippen molar-refractivity contribution >= 4 is 5.91 Å². The molecule has 1 atom stereocenters. The highest BCUT2D eigenvalue weighted by molar-refractivity contribution is 5.95. The molecule has 1 amide bonds. The van der Waals surface area contributed by atoms with Crippen LogP contribution in [0.3, 0.4) is 0 Å². The van der Waals surface area contributed by atoms with Gasteiger partial charge >= 0.3 is 0 Å². The lowest BCUT2D eigenvalue weighted by atomic mass is 10.1. The van der Waals surface area contributed by atoms with Crippen molar-refractivity contribution in [3.63, 3.8) is 0 Å². The zero-order chi connectivity index (χ0) is 12.8. The van der Waals surface area contributed by atoms with E-state index < -0.39 is 0 Å². The van der Waals surface area contributed by atoms with Gasteiger partial charge in [0.2, 0.25) is 0 Å². The van der Waals surface area contributed by atoms with E-state index >= 15 is 0 Å². The van der Waals surface area contributed by atoms with E-state index in [2.05, 4.69) is 21.4 Å². The van der Waals surface area contributed by atoms with Crippen molar-refractivity contribution in [2.24, 2.45) is 0 Å². The van der Waals surface area contributed by atoms with Crippen LogP contribution < -0.4 is 5.32 Å². The Morgan fingerprint density at radius 1 is 1.59 bits per heavy atom. The topological polar surface area (TPSA) is 54.9 Å². The average molecular weight is 231 g/mol. The second-order valence-corrected chi connectivity index (χ2v) is 3.98. The molecule has 0 saturated carbocycles. The highest BCUT2D eigenvalue weighted by Crippen LogP contribution is 2.08. The minimum Gasteiger partial charge on any atom is -0.349 e. The highest BCUT2D eigenvalue weighted by Gasteiger charge is 2.14. The molecule has 0 fully saturated rings. The van der Waals surface area contributed by atoms with Crippen LogP contribution in [-0.4, -0.2) is 22.1 Å². The summed E-state index contributed by atoms with van der Waals surface area (Å²) in [5, 5.41) is 10.8. The first-order valence-corrected chi connectivity index (χ1v) is 5.66. The monoisotopic (exact) mass is 231 g/mol. The zero-order valence-corrected chi connectivity index (χ0v) is 10.4. The average Bonchev–Trinajstić information content (AvgIpc) is 2.29. The fourth-order valence-corrected chi connectivity index (χ4v) is 1.50. The lowest BCUT2D eigenvalue weighted by molar-refractivity contribution is 0.0939. The molecule has 0 aliphatic rings. The summed E-state index contributed by atoms with van der Waals surface area (Å²) in [6.45, 7) is 5.64. The lowest BCUT2D eigenvalue weighted by Gasteiger charge is -2.12. The molecule has 0 aliphatic heterocycles. The SMILES string of the molecule is C#CCC(C)NC(=O)c1cc(C)nnc1CC. The van der Waals surface area contributed by atoms with Crippen LogP contribution in [0.1, 0.15) is 42.0 Å². The number of aromatic nitrogens is 2. The molecule has 1 aromatic heterocycles. The lowest BCUT2D eigenvalue weighted by Crippen LogP contribution is -2.33. The van der Waals surface area contributed by atoms with Crippen LogP contribution in [0.5, 0.6) is 0 Å². The van der Waals surface area contributed by atoms with Gasteiger partial charge in [0.05, 0.1) is 17.0 Å². The van der Waals surface area contributed by atoms with Crippen LogP contribution >= 0.6 is 0 Å². The summed E-state index contributed by atoms with van der Waals surface area (Å²) >= 11 is 0. The molecule has 1 N–H and O–H groups in total. The van der Waals surface area contributed by atoms with Crippen LogP contribution in [0.25, 0.3) is 0 Å². The predicted molar refractivity (Wildman–Crippen MR) is 66.5 cm³/mol. The van der Waals surface area contributed by atoms with Gasteiger partial charge < -0.3 is 5.32 Å². The highest BCUT2D eigenvalue weighted by atomic mass is 16.1. The van der Waals surface area contributed by atoms with Crippen LogP contribution in [0.4, 0.5) is 0 Å². The summed E-state index contributed by atoms with van der Waals surface area (Å²) in [5.74, 6) is 2.39. The third-order valence-electron chi connectivity index (χ3n) is 2.37. The summed E-state index contributed by atoms with van der Waals surface area (Å²) in [4.78, 5) is 12.0. The first-order chi connectivity index (χ1) is 8.08. The quantitative estimate of drug-likeness (QED) is 0.799. The van der Waals surface area contributed by atoms with Crippen LogP contribution in [0.2, 0.25) is 0 Å². The predicted octanol–water partition coefficient (Wildman–Crippen LogP) is 1.49. The minimum absolute atomic E-state index is 0.0364. The first-order valence-electron chi connectivity index (χ1n) is 5.66. The van der Waals surface area contributed by atoms with Crippen LogP contribution in [0.15, 0.2) is 6.07 Å². The number of amides is 1. The molecule has 4 heteroatoms. The fraction of sp³-hybridized carbons (Fsp3) is 0.462. The number of hydrogen-bond acceptors (Lipinski definition) is 3. The van der Waals surface area contributed by atoms with E-state index in [9.17, 15) is 4.79 Å². The second-order valence-electron chi connectivity index (χ2n) is 3.98. The number of nitrogens with zero attached hydrogens (tertiary/aromatic N) is 2. The van der Waals surface area contributed by atoms with Crippen molar-refractivity contribution in [1.29, 1.82) is 0 Å². The maximum Gasteiger partial charge on any atom is 0.253 e. The normalized spacial score (nSPS) is 11.6. The molecule has 1 rings (SSSR count). The molecular formula is C13H17N3O. The second kappa shape index (κ2) is 6.00. The van der Waals surface area contributed by atoms with E-state index in [-0.39, 0.29) is 11.9 Å². The zero-order valence-electron chi connectivity index (χ0n) is 10.4. The molecule has 0 aliphatic carbocycles. The van der Waals surface area contributed by atoms with Gasteiger partial charge in [-0.25, -0.2) is 0 Å². The van der Waals surface area contributed by atoms with Crippen molar-refractivity contribution in [1.82, 2.24) is 15.5 Å². The molecule has 0 radical (unpaired) electrons. The van der Waals surface area contributed by atoms with Gasteiger partial charge in [-0.3, -0.25) is 4.79 Å². The smallest absolute Gasteiger partial charge is 0.253 e. The van der Waals surface area contributed by atoms with Gasteiger partial charge in [0, 0.05) is 12.5 Å². The molecule has 4 nitrogen and oxygen atoms in total. The number of carbonyl (C=O) groups is 1. The van der Waals surface area contributed by atoms with Gasteiger partial charge in [-0.2, -0.15) is 10.2 Å². The van der Waals surface area contributed by atoms with Gasteiger partial charge in [0.25, 0.3) is 5.91 Å². The first kappa shape index (κ1) is 13.2. The molecule has 0 aromatic carbocycles. The van der Waals surface area contributed by atoms with E-state index in [0.29, 0.717) is 24.1 Å². The maximum absolute atomic E-state index is 12.0. The van der Waals surface area contributed by atoms with Gasteiger partial charge in [0.1, 0.15) is 0 Å². The number of rotatable bonds is 4. The van der Waals surface area contributed by atoms with E-state index in [0.717, 1.165) is 5.69 Å². The van der Waals surface area contributed by atoms with Crippen molar-refractivity contribution < 1.29 is 4.79 Å². The maximum atomic E-state index is 12.0. The Balaban J connectivity index is 2.88. The third kappa shape index (κ3) is 3.56. The Morgan fingerprint density at radius 3 is 2.88 bits per heavy atom. The molecule has 90 valence electrons. The van der Waals surface area contributed by atoms with E-state index in [1.54, 1.807) is 6.07 Å². The molecule has 17 heavy (non-hydrogen) atoms. The number of aryl methyl sites for hydroxylation is 2. The number of hydrogen-bond donors (Lipinski definition) is 1.